The van der Waals surface area contributed by atoms with Crippen LogP contribution >= 0.6 is 28.3 Å². The van der Waals surface area contributed by atoms with Crippen molar-refractivity contribution in [2.45, 2.75) is 13.1 Å². The minimum Gasteiger partial charge on any atom is -0.309 e. The van der Waals surface area contributed by atoms with Gasteiger partial charge in [-0.05, 0) is 21.9 Å². The fourth-order valence-electron chi connectivity index (χ4n) is 0.992. The van der Waals surface area contributed by atoms with E-state index >= 15 is 0 Å². The SMILES string of the molecule is Br.c1scc2c1CNC2. The molecule has 0 saturated heterocycles. The third-order valence-corrected chi connectivity index (χ3v) is 2.31. The van der Waals surface area contributed by atoms with Crippen molar-refractivity contribution < 1.29 is 0 Å². The summed E-state index contributed by atoms with van der Waals surface area (Å²) in [4.78, 5) is 0. The molecule has 50 valence electrons. The predicted molar refractivity (Wildman–Crippen MR) is 45.2 cm³/mol. The lowest BCUT2D eigenvalue weighted by Crippen LogP contribution is -2.00. The molecule has 3 heteroatoms. The van der Waals surface area contributed by atoms with Gasteiger partial charge in [0.15, 0.2) is 0 Å². The zero-order chi connectivity index (χ0) is 5.40. The molecule has 9 heavy (non-hydrogen) atoms. The molecule has 0 saturated carbocycles. The Labute approximate surface area is 68.9 Å². The minimum atomic E-state index is 0. The molecule has 0 fully saturated rings. The van der Waals surface area contributed by atoms with Crippen LogP contribution in [0.3, 0.4) is 0 Å². The van der Waals surface area contributed by atoms with Crippen molar-refractivity contribution in [3.05, 3.63) is 21.9 Å². The second-order valence-corrected chi connectivity index (χ2v) is 2.77. The Hall–Kier alpha value is 0.140. The van der Waals surface area contributed by atoms with Crippen molar-refractivity contribution >= 4 is 28.3 Å². The van der Waals surface area contributed by atoms with E-state index in [1.165, 1.54) is 11.1 Å². The molecule has 1 N–H and O–H groups in total. The van der Waals surface area contributed by atoms with Crippen molar-refractivity contribution in [1.82, 2.24) is 5.32 Å². The van der Waals surface area contributed by atoms with E-state index in [0.717, 1.165) is 13.1 Å². The maximum absolute atomic E-state index is 3.27. The number of hydrogen-bond acceptors (Lipinski definition) is 2. The summed E-state index contributed by atoms with van der Waals surface area (Å²) in [6.45, 7) is 2.16. The van der Waals surface area contributed by atoms with Crippen LogP contribution in [-0.4, -0.2) is 0 Å². The van der Waals surface area contributed by atoms with Gasteiger partial charge in [0.25, 0.3) is 0 Å². The molecule has 1 nitrogen and oxygen atoms in total. The van der Waals surface area contributed by atoms with Gasteiger partial charge in [-0.3, -0.25) is 0 Å². The topological polar surface area (TPSA) is 12.0 Å². The smallest absolute Gasteiger partial charge is 0.0220 e. The molecule has 2 rings (SSSR count). The first-order valence-electron chi connectivity index (χ1n) is 2.71. The minimum absolute atomic E-state index is 0. The summed E-state index contributed by atoms with van der Waals surface area (Å²) in [6.07, 6.45) is 0. The van der Waals surface area contributed by atoms with Crippen LogP contribution in [0.4, 0.5) is 0 Å². The Kier molecular flexibility index (Phi) is 2.27. The fraction of sp³-hybridized carbons (Fsp3) is 0.333. The summed E-state index contributed by atoms with van der Waals surface area (Å²) in [5, 5.41) is 7.71. The predicted octanol–water partition coefficient (Wildman–Crippen LogP) is 1.93. The first-order valence-corrected chi connectivity index (χ1v) is 3.66. The lowest BCUT2D eigenvalue weighted by molar-refractivity contribution is 0.764. The lowest BCUT2D eigenvalue weighted by atomic mass is 10.2. The van der Waals surface area contributed by atoms with Crippen LogP contribution in [0, 0.1) is 0 Å². The van der Waals surface area contributed by atoms with Gasteiger partial charge in [-0.25, -0.2) is 0 Å². The van der Waals surface area contributed by atoms with Crippen LogP contribution in [0.2, 0.25) is 0 Å². The Morgan fingerprint density at radius 2 is 1.78 bits per heavy atom. The molecule has 2 heterocycles. The third kappa shape index (κ3) is 1.18. The average Bonchev–Trinajstić information content (AvgIpc) is 2.15. The number of rotatable bonds is 0. The van der Waals surface area contributed by atoms with Crippen molar-refractivity contribution in [2.75, 3.05) is 0 Å². The van der Waals surface area contributed by atoms with Crippen molar-refractivity contribution in [3.8, 4) is 0 Å². The Bertz CT molecular complexity index is 178. The maximum atomic E-state index is 3.27. The van der Waals surface area contributed by atoms with Gasteiger partial charge in [0.05, 0.1) is 0 Å². The molecule has 1 aliphatic heterocycles. The van der Waals surface area contributed by atoms with Crippen LogP contribution in [-0.2, 0) is 13.1 Å². The quantitative estimate of drug-likeness (QED) is 0.683. The van der Waals surface area contributed by atoms with E-state index in [2.05, 4.69) is 16.1 Å². The van der Waals surface area contributed by atoms with E-state index in [-0.39, 0.29) is 17.0 Å². The maximum Gasteiger partial charge on any atom is 0.0220 e. The molecule has 1 aromatic heterocycles. The first-order chi connectivity index (χ1) is 3.97. The molecule has 0 unspecified atom stereocenters. The Morgan fingerprint density at radius 3 is 2.33 bits per heavy atom. The molecule has 1 aromatic rings. The number of hydrogen-bond donors (Lipinski definition) is 1. The molecular weight excluding hydrogens is 198 g/mol. The molecule has 0 atom stereocenters. The summed E-state index contributed by atoms with van der Waals surface area (Å²) >= 11 is 1.80. The highest BCUT2D eigenvalue weighted by molar-refractivity contribution is 8.93. The molecule has 0 aliphatic carbocycles. The summed E-state index contributed by atoms with van der Waals surface area (Å²) in [6, 6.07) is 0. The van der Waals surface area contributed by atoms with E-state index in [1.807, 2.05) is 0 Å². The summed E-state index contributed by atoms with van der Waals surface area (Å²) in [5.74, 6) is 0. The van der Waals surface area contributed by atoms with Crippen LogP contribution in [0.5, 0.6) is 0 Å². The number of fused-ring (bicyclic) bond motifs is 1. The van der Waals surface area contributed by atoms with Gasteiger partial charge in [0, 0.05) is 13.1 Å². The van der Waals surface area contributed by atoms with E-state index in [1.54, 1.807) is 11.3 Å². The number of halogens is 1. The van der Waals surface area contributed by atoms with E-state index in [0.29, 0.717) is 0 Å². The van der Waals surface area contributed by atoms with Crippen LogP contribution in [0.15, 0.2) is 10.8 Å². The second-order valence-electron chi connectivity index (χ2n) is 2.03. The first kappa shape index (κ1) is 7.25. The van der Waals surface area contributed by atoms with Gasteiger partial charge in [-0.15, -0.1) is 17.0 Å². The Balaban J connectivity index is 0.000000405. The fourth-order valence-corrected chi connectivity index (χ4v) is 1.86. The molecule has 0 radical (unpaired) electrons. The molecule has 0 spiro atoms. The van der Waals surface area contributed by atoms with Crippen LogP contribution < -0.4 is 5.32 Å². The van der Waals surface area contributed by atoms with Crippen molar-refractivity contribution in [1.29, 1.82) is 0 Å². The van der Waals surface area contributed by atoms with Gasteiger partial charge >= 0.3 is 0 Å². The van der Waals surface area contributed by atoms with Gasteiger partial charge in [0.2, 0.25) is 0 Å². The van der Waals surface area contributed by atoms with Crippen molar-refractivity contribution in [3.63, 3.8) is 0 Å². The molecule has 1 aliphatic rings. The van der Waals surface area contributed by atoms with E-state index in [9.17, 15) is 0 Å². The van der Waals surface area contributed by atoms with Gasteiger partial charge in [-0.1, -0.05) is 0 Å². The summed E-state index contributed by atoms with van der Waals surface area (Å²) in [5.41, 5.74) is 2.99. The molecular formula is C6H8BrNS. The van der Waals surface area contributed by atoms with Crippen LogP contribution in [0.25, 0.3) is 0 Å². The van der Waals surface area contributed by atoms with E-state index < -0.39 is 0 Å². The lowest BCUT2D eigenvalue weighted by Gasteiger charge is -1.82. The second kappa shape index (κ2) is 2.82. The zero-order valence-corrected chi connectivity index (χ0v) is 7.41. The third-order valence-electron chi connectivity index (χ3n) is 1.46. The highest BCUT2D eigenvalue weighted by Crippen LogP contribution is 2.18. The van der Waals surface area contributed by atoms with E-state index in [4.69, 9.17) is 0 Å². The largest absolute Gasteiger partial charge is 0.309 e. The highest BCUT2D eigenvalue weighted by Gasteiger charge is 2.08. The summed E-state index contributed by atoms with van der Waals surface area (Å²) < 4.78 is 0. The van der Waals surface area contributed by atoms with Crippen molar-refractivity contribution in [2.24, 2.45) is 0 Å². The van der Waals surface area contributed by atoms with Gasteiger partial charge in [-0.2, -0.15) is 11.3 Å². The summed E-state index contributed by atoms with van der Waals surface area (Å²) in [7, 11) is 0. The number of thiophene rings is 1. The Morgan fingerprint density at radius 1 is 1.22 bits per heavy atom. The van der Waals surface area contributed by atoms with Crippen LogP contribution in [0.1, 0.15) is 11.1 Å². The normalized spacial score (nSPS) is 14.7. The average molecular weight is 206 g/mol. The molecule has 0 bridgehead atoms. The highest BCUT2D eigenvalue weighted by atomic mass is 79.9. The molecule has 0 amide bonds. The van der Waals surface area contributed by atoms with Gasteiger partial charge in [0.1, 0.15) is 0 Å². The number of nitrogens with one attached hydrogen (secondary N) is 1. The van der Waals surface area contributed by atoms with Gasteiger partial charge < -0.3 is 5.32 Å². The molecule has 0 aromatic carbocycles. The zero-order valence-electron chi connectivity index (χ0n) is 4.89. The monoisotopic (exact) mass is 205 g/mol. The standard InChI is InChI=1S/C6H7NS.BrH/c1-5-3-8-4-6(5)2-7-1;/h3-4,7H,1-2H2;1H.